The number of Topliss-reactive ketones (excluding diaryl/α,β-unsaturated/α-hetero) is 1. The minimum atomic E-state index is -0.452. The molecule has 0 saturated carbocycles. The van der Waals surface area contributed by atoms with Crippen LogP contribution in [-0.2, 0) is 11.8 Å². The molecule has 1 atom stereocenters. The van der Waals surface area contributed by atoms with Gasteiger partial charge in [-0.25, -0.2) is 4.79 Å². The highest BCUT2D eigenvalue weighted by Crippen LogP contribution is 2.29. The van der Waals surface area contributed by atoms with Crippen molar-refractivity contribution in [3.05, 3.63) is 52.8 Å². The van der Waals surface area contributed by atoms with Crippen LogP contribution in [0.3, 0.4) is 0 Å². The van der Waals surface area contributed by atoms with Crippen LogP contribution in [0.25, 0.3) is 11.4 Å². The van der Waals surface area contributed by atoms with Crippen LogP contribution < -0.4 is 0 Å². The summed E-state index contributed by atoms with van der Waals surface area (Å²) in [7, 11) is 3.20. The maximum absolute atomic E-state index is 13.0. The molecule has 0 saturated heterocycles. The Balaban J connectivity index is 1.83. The van der Waals surface area contributed by atoms with E-state index in [2.05, 4.69) is 15.2 Å². The number of ether oxygens (including phenoxy) is 1. The highest BCUT2D eigenvalue weighted by atomic mass is 32.2. The Hall–Kier alpha value is -2.87. The first-order valence-corrected chi connectivity index (χ1v) is 9.66. The van der Waals surface area contributed by atoms with Gasteiger partial charge in [0.25, 0.3) is 0 Å². The number of thioether (sulfide) groups is 1. The fraction of sp³-hybridized carbons (Fsp3) is 0.300. The van der Waals surface area contributed by atoms with E-state index in [1.807, 2.05) is 48.9 Å². The van der Waals surface area contributed by atoms with Crippen molar-refractivity contribution in [2.45, 2.75) is 31.2 Å². The molecule has 2 heterocycles. The summed E-state index contributed by atoms with van der Waals surface area (Å²) in [5.41, 5.74) is 3.01. The van der Waals surface area contributed by atoms with E-state index in [0.717, 1.165) is 11.4 Å². The lowest BCUT2D eigenvalue weighted by Gasteiger charge is -2.10. The van der Waals surface area contributed by atoms with Gasteiger partial charge in [0.1, 0.15) is 0 Å². The number of rotatable bonds is 6. The van der Waals surface area contributed by atoms with E-state index in [0.29, 0.717) is 27.7 Å². The lowest BCUT2D eigenvalue weighted by atomic mass is 10.1. The first kappa shape index (κ1) is 19.9. The maximum Gasteiger partial charge on any atom is 0.339 e. The van der Waals surface area contributed by atoms with Crippen LogP contribution in [0.4, 0.5) is 0 Å². The van der Waals surface area contributed by atoms with Crippen molar-refractivity contribution in [1.29, 1.82) is 0 Å². The third-order valence-corrected chi connectivity index (χ3v) is 5.73. The van der Waals surface area contributed by atoms with Gasteiger partial charge in [-0.3, -0.25) is 4.79 Å². The Morgan fingerprint density at radius 1 is 1.18 bits per heavy atom. The zero-order valence-corrected chi connectivity index (χ0v) is 17.3. The highest BCUT2D eigenvalue weighted by molar-refractivity contribution is 8.00. The van der Waals surface area contributed by atoms with Crippen LogP contribution in [0.1, 0.15) is 39.0 Å². The molecule has 2 aromatic heterocycles. The second kappa shape index (κ2) is 8.02. The summed E-state index contributed by atoms with van der Waals surface area (Å²) < 4.78 is 6.68. The number of hydrogen-bond acceptors (Lipinski definition) is 6. The lowest BCUT2D eigenvalue weighted by molar-refractivity contribution is 0.0599. The van der Waals surface area contributed by atoms with E-state index < -0.39 is 11.2 Å². The molecule has 0 spiro atoms. The molecule has 3 rings (SSSR count). The molecule has 3 aromatic rings. The Morgan fingerprint density at radius 2 is 1.86 bits per heavy atom. The van der Waals surface area contributed by atoms with E-state index in [9.17, 15) is 9.59 Å². The summed E-state index contributed by atoms with van der Waals surface area (Å²) in [5, 5.41) is 8.73. The monoisotopic (exact) mass is 398 g/mol. The van der Waals surface area contributed by atoms with Crippen LogP contribution in [0.2, 0.25) is 0 Å². The van der Waals surface area contributed by atoms with Crippen molar-refractivity contribution in [2.24, 2.45) is 7.05 Å². The topological polar surface area (TPSA) is 89.9 Å². The average molecular weight is 398 g/mol. The van der Waals surface area contributed by atoms with E-state index in [-0.39, 0.29) is 5.78 Å². The summed E-state index contributed by atoms with van der Waals surface area (Å²) in [6, 6.07) is 9.76. The van der Waals surface area contributed by atoms with Crippen molar-refractivity contribution in [1.82, 2.24) is 19.7 Å². The van der Waals surface area contributed by atoms with Crippen LogP contribution in [0.15, 0.2) is 35.5 Å². The largest absolute Gasteiger partial charge is 0.465 e. The fourth-order valence-corrected chi connectivity index (χ4v) is 3.95. The van der Waals surface area contributed by atoms with E-state index in [4.69, 9.17) is 4.74 Å². The summed E-state index contributed by atoms with van der Waals surface area (Å²) >= 11 is 1.33. The molecular formula is C20H22N4O3S. The molecule has 1 aromatic carbocycles. The second-order valence-electron chi connectivity index (χ2n) is 6.47. The number of nitrogens with one attached hydrogen (secondary N) is 1. The molecule has 0 aliphatic heterocycles. The number of esters is 1. The SMILES string of the molecule is COC(=O)c1c(C)[nH]c(C(=O)[C@@H](C)Sc2nnc(-c3ccccc3)n2C)c1C. The molecule has 0 radical (unpaired) electrons. The number of nitrogens with zero attached hydrogens (tertiary/aromatic N) is 3. The zero-order chi connectivity index (χ0) is 20.4. The Kier molecular flexibility index (Phi) is 5.69. The Labute approximate surface area is 167 Å². The molecule has 0 aliphatic rings. The van der Waals surface area contributed by atoms with Gasteiger partial charge in [0.2, 0.25) is 0 Å². The molecule has 0 unspecified atom stereocenters. The van der Waals surface area contributed by atoms with Gasteiger partial charge >= 0.3 is 5.97 Å². The Bertz CT molecular complexity index is 1020. The maximum atomic E-state index is 13.0. The third-order valence-electron chi connectivity index (χ3n) is 4.59. The third kappa shape index (κ3) is 3.60. The lowest BCUT2D eigenvalue weighted by Crippen LogP contribution is -2.16. The van der Waals surface area contributed by atoms with Gasteiger partial charge in [0.05, 0.1) is 23.6 Å². The number of hydrogen-bond donors (Lipinski definition) is 1. The average Bonchev–Trinajstić information content (AvgIpc) is 3.20. The predicted molar refractivity (Wildman–Crippen MR) is 108 cm³/mol. The molecule has 0 amide bonds. The minimum absolute atomic E-state index is 0.106. The zero-order valence-electron chi connectivity index (χ0n) is 16.4. The van der Waals surface area contributed by atoms with Crippen LogP contribution in [-0.4, -0.2) is 43.9 Å². The number of carbonyl (C=O) groups is 2. The first-order valence-electron chi connectivity index (χ1n) is 8.78. The van der Waals surface area contributed by atoms with Crippen molar-refractivity contribution < 1.29 is 14.3 Å². The number of ketones is 1. The summed E-state index contributed by atoms with van der Waals surface area (Å²) in [5.74, 6) is 0.180. The number of methoxy groups -OCH3 is 1. The van der Waals surface area contributed by atoms with Gasteiger partial charge in [0.15, 0.2) is 16.8 Å². The number of aryl methyl sites for hydroxylation is 1. The van der Waals surface area contributed by atoms with Crippen molar-refractivity contribution in [3.63, 3.8) is 0 Å². The molecule has 146 valence electrons. The summed E-state index contributed by atoms with van der Waals surface area (Å²) in [6.45, 7) is 5.32. The normalized spacial score (nSPS) is 12.0. The summed E-state index contributed by atoms with van der Waals surface area (Å²) in [6.07, 6.45) is 0. The molecule has 0 bridgehead atoms. The number of H-pyrrole nitrogens is 1. The van der Waals surface area contributed by atoms with Gasteiger partial charge in [-0.15, -0.1) is 10.2 Å². The minimum Gasteiger partial charge on any atom is -0.465 e. The van der Waals surface area contributed by atoms with Crippen molar-refractivity contribution in [2.75, 3.05) is 7.11 Å². The van der Waals surface area contributed by atoms with Crippen molar-refractivity contribution >= 4 is 23.5 Å². The van der Waals surface area contributed by atoms with Gasteiger partial charge in [0, 0.05) is 18.3 Å². The number of benzene rings is 1. The molecule has 0 aliphatic carbocycles. The number of aromatic nitrogens is 4. The predicted octanol–water partition coefficient (Wildman–Crippen LogP) is 3.58. The van der Waals surface area contributed by atoms with Gasteiger partial charge < -0.3 is 14.3 Å². The molecule has 28 heavy (non-hydrogen) atoms. The molecule has 7 nitrogen and oxygen atoms in total. The second-order valence-corrected chi connectivity index (χ2v) is 7.78. The first-order chi connectivity index (χ1) is 13.3. The molecule has 0 fully saturated rings. The van der Waals surface area contributed by atoms with Crippen LogP contribution >= 0.6 is 11.8 Å². The summed E-state index contributed by atoms with van der Waals surface area (Å²) in [4.78, 5) is 28.0. The van der Waals surface area contributed by atoms with Crippen molar-refractivity contribution in [3.8, 4) is 11.4 Å². The standard InChI is InChI=1S/C20H22N4O3S/c1-11-15(19(26)27-5)12(2)21-16(11)17(25)13(3)28-20-23-22-18(24(20)4)14-9-7-6-8-10-14/h6-10,13,21H,1-5H3/t13-/m1/s1. The quantitative estimate of drug-likeness (QED) is 0.388. The molecular weight excluding hydrogens is 376 g/mol. The molecule has 8 heteroatoms. The van der Waals surface area contributed by atoms with E-state index >= 15 is 0 Å². The van der Waals surface area contributed by atoms with E-state index in [1.165, 1.54) is 18.9 Å². The number of aromatic amines is 1. The van der Waals surface area contributed by atoms with Gasteiger partial charge in [-0.2, -0.15) is 0 Å². The fourth-order valence-electron chi connectivity index (χ4n) is 3.08. The van der Waals surface area contributed by atoms with Gasteiger partial charge in [-0.1, -0.05) is 42.1 Å². The highest BCUT2D eigenvalue weighted by Gasteiger charge is 2.27. The van der Waals surface area contributed by atoms with Crippen LogP contribution in [0, 0.1) is 13.8 Å². The van der Waals surface area contributed by atoms with Gasteiger partial charge in [-0.05, 0) is 26.3 Å². The van der Waals surface area contributed by atoms with Crippen LogP contribution in [0.5, 0.6) is 0 Å². The Morgan fingerprint density at radius 3 is 2.50 bits per heavy atom. The molecule has 1 N–H and O–H groups in total. The smallest absolute Gasteiger partial charge is 0.339 e. The van der Waals surface area contributed by atoms with E-state index in [1.54, 1.807) is 13.8 Å². The number of carbonyl (C=O) groups excluding carboxylic acids is 2.